The van der Waals surface area contributed by atoms with E-state index >= 15 is 0 Å². The highest BCUT2D eigenvalue weighted by Crippen LogP contribution is 2.37. The molecule has 2 nitrogen and oxygen atoms in total. The zero-order chi connectivity index (χ0) is 13.0. The molecule has 0 aromatic heterocycles. The minimum absolute atomic E-state index is 0.0470. The van der Waals surface area contributed by atoms with Gasteiger partial charge >= 0.3 is 0 Å². The first-order valence-electron chi connectivity index (χ1n) is 7.89. The van der Waals surface area contributed by atoms with Crippen molar-refractivity contribution in [2.24, 2.45) is 17.3 Å². The van der Waals surface area contributed by atoms with E-state index in [2.05, 4.69) is 19.2 Å². The van der Waals surface area contributed by atoms with E-state index in [1.807, 2.05) is 0 Å². The monoisotopic (exact) mass is 251 g/mol. The molecule has 1 saturated heterocycles. The molecule has 0 aromatic rings. The molecular weight excluding hydrogens is 222 g/mol. The maximum absolute atomic E-state index is 12.6. The van der Waals surface area contributed by atoms with Gasteiger partial charge in [0.05, 0.1) is 0 Å². The van der Waals surface area contributed by atoms with Crippen LogP contribution in [0.2, 0.25) is 0 Å². The summed E-state index contributed by atoms with van der Waals surface area (Å²) in [6, 6.07) is 0. The third kappa shape index (κ3) is 2.96. The second-order valence-corrected chi connectivity index (χ2v) is 6.70. The number of rotatable bonds is 5. The molecule has 2 rings (SSSR count). The molecule has 1 saturated carbocycles. The van der Waals surface area contributed by atoms with Crippen LogP contribution in [0.5, 0.6) is 0 Å². The average molecular weight is 251 g/mol. The van der Waals surface area contributed by atoms with Crippen LogP contribution < -0.4 is 5.32 Å². The number of hydrogen-bond acceptors (Lipinski definition) is 2. The molecule has 1 unspecified atom stereocenters. The van der Waals surface area contributed by atoms with Crippen molar-refractivity contribution < 1.29 is 4.79 Å². The van der Waals surface area contributed by atoms with Crippen LogP contribution in [0.15, 0.2) is 0 Å². The van der Waals surface area contributed by atoms with Crippen molar-refractivity contribution in [3.63, 3.8) is 0 Å². The largest absolute Gasteiger partial charge is 0.316 e. The highest BCUT2D eigenvalue weighted by molar-refractivity contribution is 5.85. The summed E-state index contributed by atoms with van der Waals surface area (Å²) in [5.41, 5.74) is -0.0470. The molecule has 2 aliphatic rings. The lowest BCUT2D eigenvalue weighted by Gasteiger charge is -2.32. The fourth-order valence-electron chi connectivity index (χ4n) is 3.82. The lowest BCUT2D eigenvalue weighted by atomic mass is 9.71. The second kappa shape index (κ2) is 6.18. The predicted octanol–water partition coefficient (Wildman–Crippen LogP) is 3.55. The third-order valence-corrected chi connectivity index (χ3v) is 5.35. The Balaban J connectivity index is 1.85. The van der Waals surface area contributed by atoms with Gasteiger partial charge in [-0.2, -0.15) is 0 Å². The molecule has 0 amide bonds. The first-order chi connectivity index (χ1) is 8.65. The van der Waals surface area contributed by atoms with E-state index in [4.69, 9.17) is 0 Å². The van der Waals surface area contributed by atoms with Gasteiger partial charge in [0.2, 0.25) is 0 Å². The molecule has 2 fully saturated rings. The van der Waals surface area contributed by atoms with Crippen molar-refractivity contribution in [2.45, 2.75) is 65.2 Å². The summed E-state index contributed by atoms with van der Waals surface area (Å²) < 4.78 is 0. The van der Waals surface area contributed by atoms with E-state index in [0.29, 0.717) is 11.7 Å². The summed E-state index contributed by atoms with van der Waals surface area (Å²) >= 11 is 0. The Labute approximate surface area is 112 Å². The summed E-state index contributed by atoms with van der Waals surface area (Å²) in [6.45, 7) is 6.36. The topological polar surface area (TPSA) is 29.1 Å². The molecule has 0 radical (unpaired) electrons. The lowest BCUT2D eigenvalue weighted by Crippen LogP contribution is -2.38. The smallest absolute Gasteiger partial charge is 0.140 e. The Morgan fingerprint density at radius 3 is 2.56 bits per heavy atom. The number of hydrogen-bond donors (Lipinski definition) is 1. The van der Waals surface area contributed by atoms with Gasteiger partial charge in [-0.3, -0.25) is 4.79 Å². The van der Waals surface area contributed by atoms with Crippen LogP contribution in [0.4, 0.5) is 0 Å². The van der Waals surface area contributed by atoms with Gasteiger partial charge < -0.3 is 5.32 Å². The molecule has 0 bridgehead atoms. The quantitative estimate of drug-likeness (QED) is 0.809. The average Bonchev–Trinajstić information content (AvgIpc) is 2.88. The Morgan fingerprint density at radius 2 is 2.00 bits per heavy atom. The molecule has 104 valence electrons. The lowest BCUT2D eigenvalue weighted by molar-refractivity contribution is -0.130. The Bertz CT molecular complexity index is 273. The summed E-state index contributed by atoms with van der Waals surface area (Å²) in [5, 5.41) is 3.39. The first kappa shape index (κ1) is 14.0. The van der Waals surface area contributed by atoms with Gasteiger partial charge in [-0.15, -0.1) is 0 Å². The Hall–Kier alpha value is -0.370. The Kier molecular flexibility index (Phi) is 4.83. The van der Waals surface area contributed by atoms with Crippen LogP contribution in [-0.4, -0.2) is 18.9 Å². The number of carbonyl (C=O) groups is 1. The summed E-state index contributed by atoms with van der Waals surface area (Å²) in [4.78, 5) is 12.6. The number of nitrogens with one attached hydrogen (secondary N) is 1. The van der Waals surface area contributed by atoms with E-state index in [9.17, 15) is 4.79 Å². The predicted molar refractivity (Wildman–Crippen MR) is 75.6 cm³/mol. The fraction of sp³-hybridized carbons (Fsp3) is 0.938. The van der Waals surface area contributed by atoms with Crippen LogP contribution >= 0.6 is 0 Å². The van der Waals surface area contributed by atoms with Gasteiger partial charge in [0.1, 0.15) is 5.78 Å². The van der Waals surface area contributed by atoms with E-state index in [1.165, 1.54) is 32.1 Å². The van der Waals surface area contributed by atoms with Crippen LogP contribution in [0.25, 0.3) is 0 Å². The molecule has 1 atom stereocenters. The zero-order valence-corrected chi connectivity index (χ0v) is 12.1. The normalized spacial score (nSPS) is 29.9. The van der Waals surface area contributed by atoms with Crippen LogP contribution in [0.1, 0.15) is 65.2 Å². The summed E-state index contributed by atoms with van der Waals surface area (Å²) in [6.07, 6.45) is 9.92. The van der Waals surface area contributed by atoms with Crippen molar-refractivity contribution in [2.75, 3.05) is 13.1 Å². The van der Waals surface area contributed by atoms with Crippen LogP contribution in [-0.2, 0) is 4.79 Å². The van der Waals surface area contributed by atoms with Crippen LogP contribution in [0, 0.1) is 17.3 Å². The second-order valence-electron chi connectivity index (χ2n) is 6.70. The van der Waals surface area contributed by atoms with Crippen LogP contribution in [0.3, 0.4) is 0 Å². The maximum atomic E-state index is 12.6. The highest BCUT2D eigenvalue weighted by Gasteiger charge is 2.42. The third-order valence-electron chi connectivity index (χ3n) is 5.35. The molecule has 18 heavy (non-hydrogen) atoms. The van der Waals surface area contributed by atoms with Crippen molar-refractivity contribution in [1.29, 1.82) is 0 Å². The standard InChI is InChI=1S/C16H29NO/c1-13(2)16(10-11-17-12-16)15(18)9-8-14-6-4-3-5-7-14/h13-14,17H,3-12H2,1-2H3. The maximum Gasteiger partial charge on any atom is 0.140 e. The van der Waals surface area contributed by atoms with Gasteiger partial charge in [0.25, 0.3) is 0 Å². The van der Waals surface area contributed by atoms with Crippen molar-refractivity contribution in [3.05, 3.63) is 0 Å². The van der Waals surface area contributed by atoms with Crippen molar-refractivity contribution >= 4 is 5.78 Å². The Morgan fingerprint density at radius 1 is 1.28 bits per heavy atom. The minimum Gasteiger partial charge on any atom is -0.316 e. The number of Topliss-reactive ketones (excluding diaryl/α,β-unsaturated/α-hetero) is 1. The molecule has 1 heterocycles. The van der Waals surface area contributed by atoms with Gasteiger partial charge in [0.15, 0.2) is 0 Å². The molecular formula is C16H29NO. The molecule has 1 aliphatic heterocycles. The van der Waals surface area contributed by atoms with Gasteiger partial charge in [-0.1, -0.05) is 46.0 Å². The highest BCUT2D eigenvalue weighted by atomic mass is 16.1. The van der Waals surface area contributed by atoms with E-state index in [-0.39, 0.29) is 5.41 Å². The molecule has 1 aliphatic carbocycles. The fourth-order valence-corrected chi connectivity index (χ4v) is 3.82. The van der Waals surface area contributed by atoms with Gasteiger partial charge in [-0.25, -0.2) is 0 Å². The SMILES string of the molecule is CC(C)C1(C(=O)CCC2CCCCC2)CCNC1. The summed E-state index contributed by atoms with van der Waals surface area (Å²) in [7, 11) is 0. The van der Waals surface area contributed by atoms with E-state index in [0.717, 1.165) is 38.3 Å². The zero-order valence-electron chi connectivity index (χ0n) is 12.1. The van der Waals surface area contributed by atoms with Crippen molar-refractivity contribution in [3.8, 4) is 0 Å². The number of carbonyl (C=O) groups excluding carboxylic acids is 1. The summed E-state index contributed by atoms with van der Waals surface area (Å²) in [5.74, 6) is 1.85. The minimum atomic E-state index is -0.0470. The molecule has 1 N–H and O–H groups in total. The van der Waals surface area contributed by atoms with Gasteiger partial charge in [0, 0.05) is 18.4 Å². The molecule has 0 aromatic carbocycles. The first-order valence-corrected chi connectivity index (χ1v) is 7.89. The molecule has 2 heteroatoms. The molecule has 0 spiro atoms. The van der Waals surface area contributed by atoms with E-state index < -0.39 is 0 Å². The van der Waals surface area contributed by atoms with Crippen molar-refractivity contribution in [1.82, 2.24) is 5.32 Å². The van der Waals surface area contributed by atoms with E-state index in [1.54, 1.807) is 0 Å². The van der Waals surface area contributed by atoms with Gasteiger partial charge in [-0.05, 0) is 31.2 Å². The number of ketones is 1.